The first-order valence-corrected chi connectivity index (χ1v) is 6.11. The monoisotopic (exact) mass is 260 g/mol. The van der Waals surface area contributed by atoms with E-state index in [0.717, 1.165) is 24.4 Å². The van der Waals surface area contributed by atoms with E-state index in [2.05, 4.69) is 23.6 Å². The summed E-state index contributed by atoms with van der Waals surface area (Å²) in [5.74, 6) is 0.144. The first kappa shape index (κ1) is 13.5. The number of thiophene rings is 1. The Morgan fingerprint density at radius 2 is 2.44 bits per heavy atom. The summed E-state index contributed by atoms with van der Waals surface area (Å²) < 4.78 is 0. The molecule has 2 rings (SSSR count). The van der Waals surface area contributed by atoms with E-state index >= 15 is 0 Å². The second-order valence-corrected chi connectivity index (χ2v) is 5.32. The number of carbonyl (C=O) groups is 1. The topological polar surface area (TPSA) is 41.1 Å². The molecule has 1 atom stereocenters. The molecule has 0 spiro atoms. The van der Waals surface area contributed by atoms with Gasteiger partial charge in [-0.1, -0.05) is 0 Å². The lowest BCUT2D eigenvalue weighted by molar-refractivity contribution is -0.120. The van der Waals surface area contributed by atoms with Gasteiger partial charge in [0.25, 0.3) is 0 Å². The van der Waals surface area contributed by atoms with E-state index in [4.69, 9.17) is 0 Å². The van der Waals surface area contributed by atoms with Crippen molar-refractivity contribution in [3.8, 4) is 0 Å². The van der Waals surface area contributed by atoms with E-state index in [0.29, 0.717) is 12.5 Å². The maximum atomic E-state index is 11.6. The van der Waals surface area contributed by atoms with Gasteiger partial charge in [0.2, 0.25) is 5.91 Å². The first-order chi connectivity index (χ1) is 7.24. The van der Waals surface area contributed by atoms with Crippen molar-refractivity contribution in [1.82, 2.24) is 10.6 Å². The summed E-state index contributed by atoms with van der Waals surface area (Å²) in [5, 5.41) is 6.28. The molecule has 1 aromatic heterocycles. The maximum absolute atomic E-state index is 11.6. The zero-order chi connectivity index (χ0) is 10.7. The van der Waals surface area contributed by atoms with Crippen LogP contribution in [0.2, 0.25) is 0 Å². The maximum Gasteiger partial charge on any atom is 0.225 e. The quantitative estimate of drug-likeness (QED) is 0.865. The van der Waals surface area contributed by atoms with E-state index in [9.17, 15) is 4.79 Å². The Hall–Kier alpha value is -0.580. The number of nitrogens with one attached hydrogen (secondary N) is 2. The Morgan fingerprint density at radius 3 is 3.00 bits per heavy atom. The van der Waals surface area contributed by atoms with Crippen LogP contribution in [0.5, 0.6) is 0 Å². The lowest BCUT2D eigenvalue weighted by Crippen LogP contribution is -2.36. The van der Waals surface area contributed by atoms with Gasteiger partial charge in [0.05, 0.1) is 6.42 Å². The van der Waals surface area contributed by atoms with Crippen LogP contribution < -0.4 is 10.6 Å². The van der Waals surface area contributed by atoms with Gasteiger partial charge in [0, 0.05) is 22.3 Å². The molecule has 1 fully saturated rings. The van der Waals surface area contributed by atoms with Crippen LogP contribution in [0, 0.1) is 6.92 Å². The highest BCUT2D eigenvalue weighted by Crippen LogP contribution is 2.15. The fraction of sp³-hybridized carbons (Fsp3) is 0.545. The van der Waals surface area contributed by atoms with E-state index < -0.39 is 0 Å². The SMILES string of the molecule is Cc1ccc(CC(=O)NC2CCNC2)s1.Cl. The second-order valence-electron chi connectivity index (χ2n) is 3.95. The van der Waals surface area contributed by atoms with Crippen molar-refractivity contribution >= 4 is 29.7 Å². The summed E-state index contributed by atoms with van der Waals surface area (Å²) in [6.07, 6.45) is 1.57. The van der Waals surface area contributed by atoms with Crippen molar-refractivity contribution in [2.24, 2.45) is 0 Å². The number of carbonyl (C=O) groups excluding carboxylic acids is 1. The van der Waals surface area contributed by atoms with Gasteiger partial charge in [-0.2, -0.15) is 0 Å². The summed E-state index contributed by atoms with van der Waals surface area (Å²) in [6, 6.07) is 4.43. The van der Waals surface area contributed by atoms with Crippen LogP contribution in [0.3, 0.4) is 0 Å². The van der Waals surface area contributed by atoms with Gasteiger partial charge in [-0.25, -0.2) is 0 Å². The minimum atomic E-state index is 0. The molecule has 2 heterocycles. The number of halogens is 1. The highest BCUT2D eigenvalue weighted by atomic mass is 35.5. The van der Waals surface area contributed by atoms with Crippen LogP contribution in [-0.2, 0) is 11.2 Å². The molecule has 2 N–H and O–H groups in total. The van der Waals surface area contributed by atoms with Gasteiger partial charge in [-0.15, -0.1) is 23.7 Å². The predicted octanol–water partition coefficient (Wildman–Crippen LogP) is 1.50. The standard InChI is InChI=1S/C11H16N2OS.ClH/c1-8-2-3-10(15-8)6-11(14)13-9-4-5-12-7-9;/h2-3,9,12H,4-7H2,1H3,(H,13,14);1H. The van der Waals surface area contributed by atoms with Crippen molar-refractivity contribution in [3.63, 3.8) is 0 Å². The molecule has 5 heteroatoms. The van der Waals surface area contributed by atoms with Gasteiger partial charge in [0.1, 0.15) is 0 Å². The lowest BCUT2D eigenvalue weighted by atomic mass is 10.2. The van der Waals surface area contributed by atoms with Crippen LogP contribution in [0.25, 0.3) is 0 Å². The van der Waals surface area contributed by atoms with Crippen LogP contribution in [-0.4, -0.2) is 25.0 Å². The Labute approximate surface area is 106 Å². The third kappa shape index (κ3) is 3.77. The minimum Gasteiger partial charge on any atom is -0.352 e. The highest BCUT2D eigenvalue weighted by molar-refractivity contribution is 7.12. The van der Waals surface area contributed by atoms with E-state index in [-0.39, 0.29) is 18.3 Å². The average Bonchev–Trinajstić information content (AvgIpc) is 2.77. The third-order valence-corrected chi connectivity index (χ3v) is 3.56. The second kappa shape index (κ2) is 6.23. The van der Waals surface area contributed by atoms with Crippen molar-refractivity contribution in [2.75, 3.05) is 13.1 Å². The van der Waals surface area contributed by atoms with Crippen molar-refractivity contribution < 1.29 is 4.79 Å². The molecule has 0 aromatic carbocycles. The number of hydrogen-bond acceptors (Lipinski definition) is 3. The first-order valence-electron chi connectivity index (χ1n) is 5.29. The number of hydrogen-bond donors (Lipinski definition) is 2. The minimum absolute atomic E-state index is 0. The Kier molecular flexibility index (Phi) is 5.25. The summed E-state index contributed by atoms with van der Waals surface area (Å²) in [5.41, 5.74) is 0. The van der Waals surface area contributed by atoms with E-state index in [1.807, 2.05) is 6.07 Å². The van der Waals surface area contributed by atoms with Gasteiger partial charge in [0.15, 0.2) is 0 Å². The van der Waals surface area contributed by atoms with Crippen LogP contribution in [0.4, 0.5) is 0 Å². The summed E-state index contributed by atoms with van der Waals surface area (Å²) in [4.78, 5) is 14.1. The third-order valence-electron chi connectivity index (χ3n) is 2.56. The molecule has 1 amide bonds. The normalized spacial score (nSPS) is 19.2. The van der Waals surface area contributed by atoms with Crippen molar-refractivity contribution in [1.29, 1.82) is 0 Å². The molecule has 0 saturated carbocycles. The fourth-order valence-corrected chi connectivity index (χ4v) is 2.68. The van der Waals surface area contributed by atoms with Gasteiger partial charge >= 0.3 is 0 Å². The molecule has 1 aliphatic rings. The fourth-order valence-electron chi connectivity index (χ4n) is 1.79. The lowest BCUT2D eigenvalue weighted by Gasteiger charge is -2.10. The Bertz CT molecular complexity index is 348. The molecular weight excluding hydrogens is 244 g/mol. The molecular formula is C11H17ClN2OS. The van der Waals surface area contributed by atoms with Crippen LogP contribution in [0.1, 0.15) is 16.2 Å². The molecule has 16 heavy (non-hydrogen) atoms. The molecule has 1 aliphatic heterocycles. The molecule has 0 aliphatic carbocycles. The molecule has 3 nitrogen and oxygen atoms in total. The molecule has 1 saturated heterocycles. The van der Waals surface area contributed by atoms with Gasteiger partial charge in [-0.05, 0) is 32.0 Å². The number of rotatable bonds is 3. The largest absolute Gasteiger partial charge is 0.352 e. The average molecular weight is 261 g/mol. The van der Waals surface area contributed by atoms with E-state index in [1.54, 1.807) is 11.3 Å². The van der Waals surface area contributed by atoms with Crippen LogP contribution in [0.15, 0.2) is 12.1 Å². The van der Waals surface area contributed by atoms with Crippen LogP contribution >= 0.6 is 23.7 Å². The summed E-state index contributed by atoms with van der Waals surface area (Å²) in [6.45, 7) is 3.99. The molecule has 0 radical (unpaired) electrons. The van der Waals surface area contributed by atoms with Crippen molar-refractivity contribution in [2.45, 2.75) is 25.8 Å². The summed E-state index contributed by atoms with van der Waals surface area (Å²) in [7, 11) is 0. The zero-order valence-electron chi connectivity index (χ0n) is 9.29. The Balaban J connectivity index is 0.00000128. The number of aryl methyl sites for hydroxylation is 1. The molecule has 1 aromatic rings. The molecule has 90 valence electrons. The van der Waals surface area contributed by atoms with Gasteiger partial charge in [-0.3, -0.25) is 4.79 Å². The molecule has 0 bridgehead atoms. The molecule has 1 unspecified atom stereocenters. The van der Waals surface area contributed by atoms with Gasteiger partial charge < -0.3 is 10.6 Å². The smallest absolute Gasteiger partial charge is 0.225 e. The summed E-state index contributed by atoms with van der Waals surface area (Å²) >= 11 is 1.70. The zero-order valence-corrected chi connectivity index (χ0v) is 10.9. The highest BCUT2D eigenvalue weighted by Gasteiger charge is 2.16. The Morgan fingerprint density at radius 1 is 1.62 bits per heavy atom. The number of amides is 1. The predicted molar refractivity (Wildman–Crippen MR) is 69.4 cm³/mol. The van der Waals surface area contributed by atoms with Crippen molar-refractivity contribution in [3.05, 3.63) is 21.9 Å². The van der Waals surface area contributed by atoms with E-state index in [1.165, 1.54) is 4.88 Å².